The van der Waals surface area contributed by atoms with Gasteiger partial charge in [-0.3, -0.25) is 4.79 Å². The second kappa shape index (κ2) is 6.99. The second-order valence-corrected chi connectivity index (χ2v) is 5.95. The van der Waals surface area contributed by atoms with Gasteiger partial charge in [-0.2, -0.15) is 0 Å². The number of thioether (sulfide) groups is 1. The summed E-state index contributed by atoms with van der Waals surface area (Å²) in [7, 11) is 0. The molecule has 1 fully saturated rings. The van der Waals surface area contributed by atoms with E-state index in [0.717, 1.165) is 13.0 Å². The van der Waals surface area contributed by atoms with Gasteiger partial charge < -0.3 is 15.3 Å². The first-order valence-electron chi connectivity index (χ1n) is 6.35. The maximum absolute atomic E-state index is 12.1. The maximum atomic E-state index is 12.1. The lowest BCUT2D eigenvalue weighted by atomic mass is 10.1. The number of carbonyl (C=O) groups excluding carboxylic acids is 1. The molecular formula is C12H22N2O3S. The first-order valence-corrected chi connectivity index (χ1v) is 7.40. The van der Waals surface area contributed by atoms with Crippen LogP contribution in [0.15, 0.2) is 0 Å². The lowest BCUT2D eigenvalue weighted by Gasteiger charge is -2.29. The van der Waals surface area contributed by atoms with Gasteiger partial charge in [-0.1, -0.05) is 20.8 Å². The molecule has 0 aromatic rings. The van der Waals surface area contributed by atoms with E-state index in [0.29, 0.717) is 5.75 Å². The van der Waals surface area contributed by atoms with Gasteiger partial charge >= 0.3 is 5.97 Å². The van der Waals surface area contributed by atoms with Crippen LogP contribution in [0.4, 0.5) is 0 Å². The summed E-state index contributed by atoms with van der Waals surface area (Å²) in [4.78, 5) is 24.9. The SMILES string of the molecule is CCCNCC(=O)N1C(C(=O)O)CSC1C(C)C. The molecule has 0 aromatic carbocycles. The highest BCUT2D eigenvalue weighted by Gasteiger charge is 2.42. The average molecular weight is 274 g/mol. The van der Waals surface area contributed by atoms with E-state index in [-0.39, 0.29) is 23.7 Å². The van der Waals surface area contributed by atoms with Gasteiger partial charge in [-0.25, -0.2) is 4.79 Å². The zero-order chi connectivity index (χ0) is 13.7. The Balaban J connectivity index is 2.70. The molecule has 1 aliphatic rings. The summed E-state index contributed by atoms with van der Waals surface area (Å²) in [5.74, 6) is -0.277. The zero-order valence-electron chi connectivity index (χ0n) is 11.2. The molecule has 0 bridgehead atoms. The van der Waals surface area contributed by atoms with E-state index < -0.39 is 12.0 Å². The first-order chi connectivity index (χ1) is 8.49. The molecule has 1 aliphatic heterocycles. The van der Waals surface area contributed by atoms with E-state index in [9.17, 15) is 14.7 Å². The Morgan fingerprint density at radius 2 is 2.17 bits per heavy atom. The van der Waals surface area contributed by atoms with Crippen molar-refractivity contribution in [3.05, 3.63) is 0 Å². The van der Waals surface area contributed by atoms with Crippen molar-refractivity contribution in [2.24, 2.45) is 5.92 Å². The van der Waals surface area contributed by atoms with Crippen LogP contribution in [0.3, 0.4) is 0 Å². The topological polar surface area (TPSA) is 69.6 Å². The minimum atomic E-state index is -0.908. The molecule has 18 heavy (non-hydrogen) atoms. The lowest BCUT2D eigenvalue weighted by molar-refractivity contribution is -0.149. The lowest BCUT2D eigenvalue weighted by Crippen LogP contribution is -2.50. The van der Waals surface area contributed by atoms with E-state index in [1.807, 2.05) is 20.8 Å². The number of nitrogens with one attached hydrogen (secondary N) is 1. The van der Waals surface area contributed by atoms with Crippen LogP contribution in [0.25, 0.3) is 0 Å². The van der Waals surface area contributed by atoms with Crippen molar-refractivity contribution in [3.8, 4) is 0 Å². The van der Waals surface area contributed by atoms with Gasteiger partial charge in [0.25, 0.3) is 0 Å². The number of hydrogen-bond donors (Lipinski definition) is 2. The summed E-state index contributed by atoms with van der Waals surface area (Å²) in [6.07, 6.45) is 0.956. The van der Waals surface area contributed by atoms with Crippen LogP contribution in [-0.2, 0) is 9.59 Å². The van der Waals surface area contributed by atoms with Crippen molar-refractivity contribution in [1.82, 2.24) is 10.2 Å². The van der Waals surface area contributed by atoms with Crippen LogP contribution in [0.1, 0.15) is 27.2 Å². The molecule has 1 heterocycles. The van der Waals surface area contributed by atoms with Crippen molar-refractivity contribution in [2.75, 3.05) is 18.8 Å². The number of aliphatic carboxylic acids is 1. The maximum Gasteiger partial charge on any atom is 0.327 e. The fourth-order valence-corrected chi connectivity index (χ4v) is 3.50. The number of amides is 1. The molecule has 2 N–H and O–H groups in total. The van der Waals surface area contributed by atoms with Crippen molar-refractivity contribution in [1.29, 1.82) is 0 Å². The van der Waals surface area contributed by atoms with E-state index in [4.69, 9.17) is 0 Å². The molecule has 1 saturated heterocycles. The van der Waals surface area contributed by atoms with Gasteiger partial charge in [-0.15, -0.1) is 11.8 Å². The Kier molecular flexibility index (Phi) is 5.95. The Labute approximate surface area is 112 Å². The predicted molar refractivity (Wildman–Crippen MR) is 72.5 cm³/mol. The Morgan fingerprint density at radius 3 is 2.67 bits per heavy atom. The highest BCUT2D eigenvalue weighted by Crippen LogP contribution is 2.33. The highest BCUT2D eigenvalue weighted by molar-refractivity contribution is 8.00. The predicted octanol–water partition coefficient (Wildman–Crippen LogP) is 0.997. The molecule has 0 saturated carbocycles. The third-order valence-electron chi connectivity index (χ3n) is 2.88. The van der Waals surface area contributed by atoms with Crippen molar-refractivity contribution < 1.29 is 14.7 Å². The Bertz CT molecular complexity index is 310. The summed E-state index contributed by atoms with van der Waals surface area (Å²) in [6.45, 7) is 7.06. The first kappa shape index (κ1) is 15.3. The Hall–Kier alpha value is -0.750. The normalized spacial score (nSPS) is 23.7. The van der Waals surface area contributed by atoms with E-state index >= 15 is 0 Å². The molecule has 0 aromatic heterocycles. The van der Waals surface area contributed by atoms with Crippen molar-refractivity contribution in [3.63, 3.8) is 0 Å². The molecule has 2 atom stereocenters. The fraction of sp³-hybridized carbons (Fsp3) is 0.833. The van der Waals surface area contributed by atoms with Crippen molar-refractivity contribution >= 4 is 23.6 Å². The standard InChI is InChI=1S/C12H22N2O3S/c1-4-5-13-6-10(15)14-9(12(16)17)7-18-11(14)8(2)3/h8-9,11,13H,4-7H2,1-3H3,(H,16,17). The van der Waals surface area contributed by atoms with Crippen LogP contribution >= 0.6 is 11.8 Å². The summed E-state index contributed by atoms with van der Waals surface area (Å²) < 4.78 is 0. The van der Waals surface area contributed by atoms with Gasteiger partial charge in [0, 0.05) is 5.75 Å². The van der Waals surface area contributed by atoms with Crippen molar-refractivity contribution in [2.45, 2.75) is 38.6 Å². The zero-order valence-corrected chi connectivity index (χ0v) is 12.0. The average Bonchev–Trinajstić information content (AvgIpc) is 2.73. The van der Waals surface area contributed by atoms with Gasteiger partial charge in [-0.05, 0) is 18.9 Å². The highest BCUT2D eigenvalue weighted by atomic mass is 32.2. The van der Waals surface area contributed by atoms with Gasteiger partial charge in [0.1, 0.15) is 6.04 Å². The molecule has 0 spiro atoms. The fourth-order valence-electron chi connectivity index (χ4n) is 2.01. The summed E-state index contributed by atoms with van der Waals surface area (Å²) in [5, 5.41) is 12.2. The van der Waals surface area contributed by atoms with Gasteiger partial charge in [0.05, 0.1) is 11.9 Å². The smallest absolute Gasteiger partial charge is 0.327 e. The molecule has 1 amide bonds. The number of nitrogens with zero attached hydrogens (tertiary/aromatic N) is 1. The van der Waals surface area contributed by atoms with E-state index in [1.165, 1.54) is 0 Å². The molecule has 104 valence electrons. The molecule has 0 aliphatic carbocycles. The van der Waals surface area contributed by atoms with Crippen LogP contribution in [0, 0.1) is 5.92 Å². The third-order valence-corrected chi connectivity index (χ3v) is 4.50. The number of carboxylic acids is 1. The molecule has 5 nitrogen and oxygen atoms in total. The second-order valence-electron chi connectivity index (χ2n) is 4.80. The number of carbonyl (C=O) groups is 2. The number of rotatable bonds is 6. The molecular weight excluding hydrogens is 252 g/mol. The van der Waals surface area contributed by atoms with E-state index in [2.05, 4.69) is 5.32 Å². The van der Waals surface area contributed by atoms with E-state index in [1.54, 1.807) is 16.7 Å². The van der Waals surface area contributed by atoms with Gasteiger partial charge in [0.2, 0.25) is 5.91 Å². The summed E-state index contributed by atoms with van der Waals surface area (Å²) in [5.41, 5.74) is 0. The molecule has 0 radical (unpaired) electrons. The number of carboxylic acid groups (broad SMARTS) is 1. The summed E-state index contributed by atoms with van der Waals surface area (Å²) in [6, 6.07) is -0.682. The summed E-state index contributed by atoms with van der Waals surface area (Å²) >= 11 is 1.56. The Morgan fingerprint density at radius 1 is 1.50 bits per heavy atom. The largest absolute Gasteiger partial charge is 0.480 e. The quantitative estimate of drug-likeness (QED) is 0.707. The van der Waals surface area contributed by atoms with Crippen LogP contribution in [-0.4, -0.2) is 52.1 Å². The van der Waals surface area contributed by atoms with Crippen LogP contribution in [0.2, 0.25) is 0 Å². The monoisotopic (exact) mass is 274 g/mol. The van der Waals surface area contributed by atoms with Gasteiger partial charge in [0.15, 0.2) is 0 Å². The minimum Gasteiger partial charge on any atom is -0.480 e. The number of hydrogen-bond acceptors (Lipinski definition) is 4. The minimum absolute atomic E-state index is 0.0259. The van der Waals surface area contributed by atoms with Crippen LogP contribution in [0.5, 0.6) is 0 Å². The van der Waals surface area contributed by atoms with Crippen LogP contribution < -0.4 is 5.32 Å². The molecule has 6 heteroatoms. The third kappa shape index (κ3) is 3.62. The molecule has 2 unspecified atom stereocenters. The molecule has 1 rings (SSSR count).